The summed E-state index contributed by atoms with van der Waals surface area (Å²) in [6.07, 6.45) is 0. The normalized spacial score (nSPS) is 12.2. The molecule has 0 aliphatic carbocycles. The van der Waals surface area contributed by atoms with Gasteiger partial charge in [0, 0.05) is 5.56 Å². The van der Waals surface area contributed by atoms with Gasteiger partial charge in [-0.3, -0.25) is 0 Å². The highest BCUT2D eigenvalue weighted by Gasteiger charge is 2.15. The van der Waals surface area contributed by atoms with E-state index in [4.69, 9.17) is 0 Å². The van der Waals surface area contributed by atoms with Crippen molar-refractivity contribution in [2.45, 2.75) is 4.90 Å². The Morgan fingerprint density at radius 2 is 1.33 bits per heavy atom. The molecular weight excluding hydrogens is 378 g/mol. The molecule has 5 nitrogen and oxygen atoms in total. The minimum absolute atomic E-state index is 0.146. The topological polar surface area (TPSA) is 64.3 Å². The van der Waals surface area contributed by atoms with Crippen molar-refractivity contribution in [2.75, 3.05) is 0 Å². The molecular formula is C20H15N3O2S2. The number of benzene rings is 3. The lowest BCUT2D eigenvalue weighted by Gasteiger charge is -2.05. The summed E-state index contributed by atoms with van der Waals surface area (Å²) in [4.78, 5) is 4.83. The largest absolute Gasteiger partial charge is 0.285 e. The van der Waals surface area contributed by atoms with Crippen LogP contribution in [0.15, 0.2) is 100 Å². The SMILES string of the molecule is O=S(=O)(/N=c1/nc(-c2ccccc2)n(-c2ccccc2)s1)c1ccccc1. The van der Waals surface area contributed by atoms with Gasteiger partial charge in [-0.15, -0.1) is 4.40 Å². The first-order valence-corrected chi connectivity index (χ1v) is 10.4. The van der Waals surface area contributed by atoms with Gasteiger partial charge in [-0.25, -0.2) is 3.96 Å². The van der Waals surface area contributed by atoms with Crippen LogP contribution in [0.3, 0.4) is 0 Å². The van der Waals surface area contributed by atoms with Gasteiger partial charge < -0.3 is 0 Å². The molecule has 0 radical (unpaired) electrons. The van der Waals surface area contributed by atoms with Crippen LogP contribution in [0.2, 0.25) is 0 Å². The Kier molecular flexibility index (Phi) is 4.70. The van der Waals surface area contributed by atoms with Crippen LogP contribution in [0.5, 0.6) is 0 Å². The summed E-state index contributed by atoms with van der Waals surface area (Å²) in [5.41, 5.74) is 1.78. The van der Waals surface area contributed by atoms with Gasteiger partial charge in [0.25, 0.3) is 10.0 Å². The molecule has 4 rings (SSSR count). The second-order valence-corrected chi connectivity index (χ2v) is 8.20. The fourth-order valence-electron chi connectivity index (χ4n) is 2.57. The van der Waals surface area contributed by atoms with Crippen molar-refractivity contribution in [2.24, 2.45) is 4.40 Å². The van der Waals surface area contributed by atoms with E-state index in [0.29, 0.717) is 5.82 Å². The van der Waals surface area contributed by atoms with Crippen LogP contribution in [0, 0.1) is 0 Å². The highest BCUT2D eigenvalue weighted by molar-refractivity contribution is 7.90. The van der Waals surface area contributed by atoms with E-state index in [-0.39, 0.29) is 9.70 Å². The minimum atomic E-state index is -3.82. The van der Waals surface area contributed by atoms with Gasteiger partial charge in [-0.1, -0.05) is 66.7 Å². The number of nitrogens with zero attached hydrogens (tertiary/aromatic N) is 3. The lowest BCUT2D eigenvalue weighted by Crippen LogP contribution is -2.06. The van der Waals surface area contributed by atoms with Gasteiger partial charge in [0.2, 0.25) is 4.80 Å². The van der Waals surface area contributed by atoms with Gasteiger partial charge in [0.1, 0.15) is 0 Å². The summed E-state index contributed by atoms with van der Waals surface area (Å²) in [6, 6.07) is 27.4. The van der Waals surface area contributed by atoms with Crippen LogP contribution in [0.1, 0.15) is 0 Å². The molecule has 0 spiro atoms. The first-order valence-electron chi connectivity index (χ1n) is 8.21. The molecule has 0 amide bonds. The molecule has 0 unspecified atom stereocenters. The Balaban J connectivity index is 1.90. The second-order valence-electron chi connectivity index (χ2n) is 5.68. The summed E-state index contributed by atoms with van der Waals surface area (Å²) < 4.78 is 31.0. The summed E-state index contributed by atoms with van der Waals surface area (Å²) in [6.45, 7) is 0. The summed E-state index contributed by atoms with van der Waals surface area (Å²) in [7, 11) is -3.82. The van der Waals surface area contributed by atoms with Crippen LogP contribution in [0.4, 0.5) is 0 Å². The molecule has 3 aromatic carbocycles. The lowest BCUT2D eigenvalue weighted by atomic mass is 10.2. The van der Waals surface area contributed by atoms with Gasteiger partial charge in [-0.2, -0.15) is 13.4 Å². The van der Waals surface area contributed by atoms with Crippen LogP contribution >= 0.6 is 11.5 Å². The Labute approximate surface area is 161 Å². The number of sulfonamides is 1. The first kappa shape index (κ1) is 17.4. The zero-order chi connectivity index (χ0) is 18.7. The molecule has 0 saturated carbocycles. The summed E-state index contributed by atoms with van der Waals surface area (Å²) in [5.74, 6) is 0.647. The fourth-order valence-corrected chi connectivity index (χ4v) is 4.60. The van der Waals surface area contributed by atoms with Crippen molar-refractivity contribution < 1.29 is 8.42 Å². The van der Waals surface area contributed by atoms with Crippen LogP contribution < -0.4 is 4.80 Å². The third kappa shape index (κ3) is 3.74. The average molecular weight is 393 g/mol. The van der Waals surface area contributed by atoms with Gasteiger partial charge in [0.15, 0.2) is 5.82 Å². The number of rotatable bonds is 4. The van der Waals surface area contributed by atoms with Crippen LogP contribution in [-0.2, 0) is 10.0 Å². The monoisotopic (exact) mass is 393 g/mol. The summed E-state index contributed by atoms with van der Waals surface area (Å²) >= 11 is 1.19. The Morgan fingerprint density at radius 3 is 1.96 bits per heavy atom. The van der Waals surface area contributed by atoms with E-state index >= 15 is 0 Å². The minimum Gasteiger partial charge on any atom is -0.246 e. The van der Waals surface area contributed by atoms with Crippen molar-refractivity contribution in [1.29, 1.82) is 0 Å². The number of hydrogen-bond donors (Lipinski definition) is 0. The molecule has 1 heterocycles. The van der Waals surface area contributed by atoms with Gasteiger partial charge >= 0.3 is 0 Å². The van der Waals surface area contributed by atoms with E-state index < -0.39 is 10.0 Å². The molecule has 4 aromatic rings. The van der Waals surface area contributed by atoms with Crippen LogP contribution in [-0.4, -0.2) is 17.4 Å². The molecule has 7 heteroatoms. The second kappa shape index (κ2) is 7.30. The molecule has 0 bridgehead atoms. The molecule has 27 heavy (non-hydrogen) atoms. The maximum absolute atomic E-state index is 12.6. The van der Waals surface area contributed by atoms with E-state index in [2.05, 4.69) is 9.38 Å². The van der Waals surface area contributed by atoms with Crippen molar-refractivity contribution in [3.8, 4) is 17.1 Å². The maximum Gasteiger partial charge on any atom is 0.285 e. The molecule has 0 aliphatic rings. The van der Waals surface area contributed by atoms with E-state index in [9.17, 15) is 8.42 Å². The van der Waals surface area contributed by atoms with E-state index in [0.717, 1.165) is 11.3 Å². The molecule has 0 N–H and O–H groups in total. The van der Waals surface area contributed by atoms with E-state index in [1.807, 2.05) is 64.6 Å². The number of para-hydroxylation sites is 1. The number of aromatic nitrogens is 2. The predicted octanol–water partition coefficient (Wildman–Crippen LogP) is 3.89. The third-order valence-electron chi connectivity index (χ3n) is 3.83. The van der Waals surface area contributed by atoms with Crippen molar-refractivity contribution in [1.82, 2.24) is 8.94 Å². The maximum atomic E-state index is 12.6. The lowest BCUT2D eigenvalue weighted by molar-refractivity contribution is 0.596. The zero-order valence-corrected chi connectivity index (χ0v) is 15.8. The third-order valence-corrected chi connectivity index (χ3v) is 6.14. The quantitative estimate of drug-likeness (QED) is 0.528. The molecule has 0 atom stereocenters. The standard InChI is InChI=1S/C20H15N3O2S2/c24-27(25,18-14-8-3-9-15-18)22-20-21-19(16-10-4-1-5-11-16)23(26-20)17-12-6-2-7-13-17/h1-15H/b22-20-. The Bertz CT molecular complexity index is 1150. The first-order chi connectivity index (χ1) is 13.1. The predicted molar refractivity (Wildman–Crippen MR) is 106 cm³/mol. The van der Waals surface area contributed by atoms with Crippen molar-refractivity contribution in [3.63, 3.8) is 0 Å². The number of hydrogen-bond acceptors (Lipinski definition) is 4. The molecule has 1 aromatic heterocycles. The highest BCUT2D eigenvalue weighted by atomic mass is 32.2. The van der Waals surface area contributed by atoms with Gasteiger partial charge in [0.05, 0.1) is 10.6 Å². The average Bonchev–Trinajstić information content (AvgIpc) is 3.13. The highest BCUT2D eigenvalue weighted by Crippen LogP contribution is 2.22. The smallest absolute Gasteiger partial charge is 0.246 e. The zero-order valence-electron chi connectivity index (χ0n) is 14.1. The molecule has 0 fully saturated rings. The van der Waals surface area contributed by atoms with E-state index in [1.54, 1.807) is 18.2 Å². The van der Waals surface area contributed by atoms with E-state index in [1.165, 1.54) is 23.7 Å². The van der Waals surface area contributed by atoms with Gasteiger partial charge in [-0.05, 0) is 35.8 Å². The summed E-state index contributed by atoms with van der Waals surface area (Å²) in [5, 5.41) is 0. The van der Waals surface area contributed by atoms with Crippen molar-refractivity contribution >= 4 is 21.6 Å². The van der Waals surface area contributed by atoms with Crippen LogP contribution in [0.25, 0.3) is 17.1 Å². The van der Waals surface area contributed by atoms with Crippen molar-refractivity contribution in [3.05, 3.63) is 95.8 Å². The molecule has 134 valence electrons. The Hall–Kier alpha value is -3.03. The molecule has 0 aliphatic heterocycles. The fraction of sp³-hybridized carbons (Fsp3) is 0. The Morgan fingerprint density at radius 1 is 0.778 bits per heavy atom. The molecule has 0 saturated heterocycles.